The second-order valence-electron chi connectivity index (χ2n) is 4.11. The molecule has 0 radical (unpaired) electrons. The zero-order valence-corrected chi connectivity index (χ0v) is 10.4. The molecule has 3 aromatic heterocycles. The molecule has 0 aromatic carbocycles. The van der Waals surface area contributed by atoms with Gasteiger partial charge in [-0.15, -0.1) is 0 Å². The molecule has 0 atom stereocenters. The topological polar surface area (TPSA) is 77.8 Å². The van der Waals surface area contributed by atoms with Crippen molar-refractivity contribution in [1.29, 1.82) is 0 Å². The van der Waals surface area contributed by atoms with Gasteiger partial charge in [-0.25, -0.2) is 4.98 Å². The average Bonchev–Trinajstić information content (AvgIpc) is 3.06. The summed E-state index contributed by atoms with van der Waals surface area (Å²) in [5, 5.41) is 3.88. The van der Waals surface area contributed by atoms with Gasteiger partial charge < -0.3 is 8.94 Å². The molecule has 0 unspecified atom stereocenters. The number of aromatic nitrogens is 4. The fourth-order valence-corrected chi connectivity index (χ4v) is 1.72. The van der Waals surface area contributed by atoms with Crippen molar-refractivity contribution in [2.75, 3.05) is 0 Å². The smallest absolute Gasteiger partial charge is 0.227 e. The minimum Gasteiger partial charge on any atom is -0.466 e. The van der Waals surface area contributed by atoms with Crippen molar-refractivity contribution in [2.45, 2.75) is 19.8 Å². The van der Waals surface area contributed by atoms with Gasteiger partial charge in [-0.2, -0.15) is 4.98 Å². The van der Waals surface area contributed by atoms with Crippen LogP contribution in [-0.2, 0) is 12.8 Å². The van der Waals surface area contributed by atoms with Gasteiger partial charge in [-0.05, 0) is 19.1 Å². The summed E-state index contributed by atoms with van der Waals surface area (Å²) in [6, 6.07) is 3.89. The molecule has 0 spiro atoms. The first-order chi connectivity index (χ1) is 9.31. The average molecular weight is 256 g/mol. The van der Waals surface area contributed by atoms with Crippen LogP contribution in [-0.4, -0.2) is 20.1 Å². The zero-order chi connectivity index (χ0) is 13.1. The lowest BCUT2D eigenvalue weighted by Crippen LogP contribution is -1.91. The van der Waals surface area contributed by atoms with Crippen molar-refractivity contribution in [1.82, 2.24) is 20.1 Å². The van der Waals surface area contributed by atoms with Crippen LogP contribution in [0.2, 0.25) is 0 Å². The van der Waals surface area contributed by atoms with E-state index in [1.165, 1.54) is 0 Å². The van der Waals surface area contributed by atoms with E-state index in [9.17, 15) is 0 Å². The predicted molar refractivity (Wildman–Crippen MR) is 66.2 cm³/mol. The third-order valence-corrected chi connectivity index (χ3v) is 2.64. The Labute approximate surface area is 109 Å². The molecule has 0 aliphatic heterocycles. The Morgan fingerprint density at radius 2 is 2.11 bits per heavy atom. The number of rotatable bonds is 4. The first-order valence-electron chi connectivity index (χ1n) is 5.95. The minimum absolute atomic E-state index is 0.457. The molecule has 0 amide bonds. The monoisotopic (exact) mass is 256 g/mol. The summed E-state index contributed by atoms with van der Waals surface area (Å²) in [7, 11) is 0. The van der Waals surface area contributed by atoms with Crippen LogP contribution >= 0.6 is 0 Å². The largest absolute Gasteiger partial charge is 0.466 e. The number of nitrogens with zero attached hydrogens (tertiary/aromatic N) is 4. The number of aryl methyl sites for hydroxylation is 3. The third-order valence-electron chi connectivity index (χ3n) is 2.64. The highest BCUT2D eigenvalue weighted by atomic mass is 16.5. The highest BCUT2D eigenvalue weighted by Crippen LogP contribution is 2.13. The van der Waals surface area contributed by atoms with E-state index in [-0.39, 0.29) is 0 Å². The molecule has 0 bridgehead atoms. The van der Waals surface area contributed by atoms with Gasteiger partial charge in [0.2, 0.25) is 11.7 Å². The standard InChI is InChI=1S/C13H12N4O2/c1-9-2-3-10(18-9)4-5-12-16-13(17-19-12)11-8-14-6-7-15-11/h2-3,6-8H,4-5H2,1H3. The summed E-state index contributed by atoms with van der Waals surface area (Å²) in [6.07, 6.45) is 6.17. The molecule has 96 valence electrons. The molecule has 3 aromatic rings. The molecular weight excluding hydrogens is 244 g/mol. The Hall–Kier alpha value is -2.50. The van der Waals surface area contributed by atoms with Crippen LogP contribution in [0.5, 0.6) is 0 Å². The van der Waals surface area contributed by atoms with Crippen molar-refractivity contribution in [3.63, 3.8) is 0 Å². The second kappa shape index (κ2) is 5.01. The van der Waals surface area contributed by atoms with Crippen LogP contribution in [0.3, 0.4) is 0 Å². The third kappa shape index (κ3) is 2.67. The van der Waals surface area contributed by atoms with Gasteiger partial charge in [-0.3, -0.25) is 4.98 Å². The summed E-state index contributed by atoms with van der Waals surface area (Å²) >= 11 is 0. The molecule has 0 N–H and O–H groups in total. The van der Waals surface area contributed by atoms with E-state index in [4.69, 9.17) is 8.94 Å². The van der Waals surface area contributed by atoms with Gasteiger partial charge in [0, 0.05) is 25.2 Å². The molecule has 6 nitrogen and oxygen atoms in total. The molecule has 0 saturated carbocycles. The van der Waals surface area contributed by atoms with Crippen molar-refractivity contribution in [3.8, 4) is 11.5 Å². The Morgan fingerprint density at radius 3 is 2.84 bits per heavy atom. The Balaban J connectivity index is 1.68. The fraction of sp³-hybridized carbons (Fsp3) is 0.231. The van der Waals surface area contributed by atoms with Crippen molar-refractivity contribution < 1.29 is 8.94 Å². The van der Waals surface area contributed by atoms with Crippen LogP contribution in [0, 0.1) is 6.92 Å². The normalized spacial score (nSPS) is 10.8. The number of hydrogen-bond donors (Lipinski definition) is 0. The molecule has 0 saturated heterocycles. The van der Waals surface area contributed by atoms with Crippen LogP contribution < -0.4 is 0 Å². The van der Waals surface area contributed by atoms with E-state index in [1.807, 2.05) is 19.1 Å². The molecule has 0 aliphatic carbocycles. The lowest BCUT2D eigenvalue weighted by Gasteiger charge is -1.92. The lowest BCUT2D eigenvalue weighted by molar-refractivity contribution is 0.373. The maximum absolute atomic E-state index is 5.48. The number of furan rings is 1. The maximum Gasteiger partial charge on any atom is 0.227 e. The Morgan fingerprint density at radius 1 is 1.16 bits per heavy atom. The summed E-state index contributed by atoms with van der Waals surface area (Å²) < 4.78 is 10.7. The number of hydrogen-bond acceptors (Lipinski definition) is 6. The molecule has 19 heavy (non-hydrogen) atoms. The van der Waals surface area contributed by atoms with E-state index in [0.717, 1.165) is 17.9 Å². The zero-order valence-electron chi connectivity index (χ0n) is 10.4. The van der Waals surface area contributed by atoms with E-state index in [1.54, 1.807) is 18.6 Å². The SMILES string of the molecule is Cc1ccc(CCc2nc(-c3cnccn3)no2)o1. The summed E-state index contributed by atoms with van der Waals surface area (Å²) in [4.78, 5) is 12.4. The molecule has 0 aliphatic rings. The van der Waals surface area contributed by atoms with Crippen molar-refractivity contribution in [2.24, 2.45) is 0 Å². The van der Waals surface area contributed by atoms with Gasteiger partial charge in [0.1, 0.15) is 17.2 Å². The highest BCUT2D eigenvalue weighted by molar-refractivity contribution is 5.45. The summed E-state index contributed by atoms with van der Waals surface area (Å²) in [5.74, 6) is 2.84. The minimum atomic E-state index is 0.457. The molecular formula is C13H12N4O2. The van der Waals surface area contributed by atoms with E-state index in [2.05, 4.69) is 20.1 Å². The fourth-order valence-electron chi connectivity index (χ4n) is 1.72. The highest BCUT2D eigenvalue weighted by Gasteiger charge is 2.10. The Kier molecular flexibility index (Phi) is 3.06. The quantitative estimate of drug-likeness (QED) is 0.712. The van der Waals surface area contributed by atoms with Crippen LogP contribution in [0.15, 0.2) is 39.7 Å². The van der Waals surface area contributed by atoms with Crippen LogP contribution in [0.1, 0.15) is 17.4 Å². The predicted octanol–water partition coefficient (Wildman–Crippen LogP) is 2.21. The van der Waals surface area contributed by atoms with Crippen LogP contribution in [0.4, 0.5) is 0 Å². The summed E-state index contributed by atoms with van der Waals surface area (Å²) in [5.41, 5.74) is 0.603. The van der Waals surface area contributed by atoms with E-state index >= 15 is 0 Å². The second-order valence-corrected chi connectivity index (χ2v) is 4.11. The van der Waals surface area contributed by atoms with Crippen LogP contribution in [0.25, 0.3) is 11.5 Å². The van der Waals surface area contributed by atoms with Gasteiger partial charge in [0.05, 0.1) is 6.20 Å². The maximum atomic E-state index is 5.48. The summed E-state index contributed by atoms with van der Waals surface area (Å²) in [6.45, 7) is 1.92. The van der Waals surface area contributed by atoms with Crippen molar-refractivity contribution in [3.05, 3.63) is 48.1 Å². The van der Waals surface area contributed by atoms with E-state index in [0.29, 0.717) is 23.8 Å². The van der Waals surface area contributed by atoms with Gasteiger partial charge in [0.15, 0.2) is 0 Å². The van der Waals surface area contributed by atoms with Gasteiger partial charge in [0.25, 0.3) is 0 Å². The molecule has 6 heteroatoms. The molecule has 3 rings (SSSR count). The lowest BCUT2D eigenvalue weighted by atomic mass is 10.2. The van der Waals surface area contributed by atoms with Crippen molar-refractivity contribution >= 4 is 0 Å². The van der Waals surface area contributed by atoms with Gasteiger partial charge >= 0.3 is 0 Å². The first kappa shape index (κ1) is 11.6. The van der Waals surface area contributed by atoms with E-state index < -0.39 is 0 Å². The Bertz CT molecular complexity index is 660. The molecule has 3 heterocycles. The molecule has 0 fully saturated rings. The van der Waals surface area contributed by atoms with Gasteiger partial charge in [-0.1, -0.05) is 5.16 Å². The first-order valence-corrected chi connectivity index (χ1v) is 5.95.